The highest BCUT2D eigenvalue weighted by molar-refractivity contribution is 5.93. The normalized spacial score (nSPS) is 13.4. The fourth-order valence-corrected chi connectivity index (χ4v) is 1.21. The molecule has 0 aromatic heterocycles. The van der Waals surface area contributed by atoms with Gasteiger partial charge in [-0.1, -0.05) is 36.8 Å². The second-order valence-electron chi connectivity index (χ2n) is 3.90. The first kappa shape index (κ1) is 17.3. The molecule has 5 heteroatoms. The average molecular weight is 266 g/mol. The third-order valence-corrected chi connectivity index (χ3v) is 2.23. The molecule has 0 rings (SSSR count). The summed E-state index contributed by atoms with van der Waals surface area (Å²) in [6.07, 6.45) is 11.7. The number of ether oxygens (including phenoxy) is 1. The molecule has 4 N–H and O–H groups in total. The van der Waals surface area contributed by atoms with Crippen LogP contribution >= 0.6 is 0 Å². The minimum absolute atomic E-state index is 0.466. The maximum atomic E-state index is 11.4. The number of esters is 2. The van der Waals surface area contributed by atoms with Gasteiger partial charge in [0, 0.05) is 6.08 Å². The zero-order chi connectivity index (χ0) is 14.5. The van der Waals surface area contributed by atoms with Crippen molar-refractivity contribution >= 4 is 11.9 Å². The molecule has 0 radical (unpaired) electrons. The Morgan fingerprint density at radius 1 is 1.16 bits per heavy atom. The molecule has 0 aliphatic carbocycles. The fraction of sp³-hybridized carbons (Fsp3) is 0.429. The first-order valence-corrected chi connectivity index (χ1v) is 6.29. The molecular formula is C14H22N2O3. The van der Waals surface area contributed by atoms with E-state index in [1.165, 1.54) is 12.2 Å². The number of carbonyl (C=O) groups is 2. The summed E-state index contributed by atoms with van der Waals surface area (Å²) in [6.45, 7) is 2.44. The van der Waals surface area contributed by atoms with Gasteiger partial charge in [-0.15, -0.1) is 0 Å². The summed E-state index contributed by atoms with van der Waals surface area (Å²) in [4.78, 5) is 22.7. The number of hydrogen-bond acceptors (Lipinski definition) is 5. The van der Waals surface area contributed by atoms with Gasteiger partial charge in [0.1, 0.15) is 6.04 Å². The van der Waals surface area contributed by atoms with E-state index in [9.17, 15) is 9.59 Å². The van der Waals surface area contributed by atoms with Gasteiger partial charge in [0.15, 0.2) is 0 Å². The first-order valence-electron chi connectivity index (χ1n) is 6.29. The predicted octanol–water partition coefficient (Wildman–Crippen LogP) is 1.20. The fourth-order valence-electron chi connectivity index (χ4n) is 1.21. The molecule has 0 aromatic rings. The zero-order valence-electron chi connectivity index (χ0n) is 11.2. The van der Waals surface area contributed by atoms with E-state index < -0.39 is 18.0 Å². The summed E-state index contributed by atoms with van der Waals surface area (Å²) < 4.78 is 4.58. The van der Waals surface area contributed by atoms with Crippen LogP contribution in [0, 0.1) is 0 Å². The molecule has 5 nitrogen and oxygen atoms in total. The van der Waals surface area contributed by atoms with Crippen LogP contribution in [0.15, 0.2) is 36.5 Å². The molecule has 106 valence electrons. The Hall–Kier alpha value is -1.72. The summed E-state index contributed by atoms with van der Waals surface area (Å²) in [6, 6.07) is -0.775. The van der Waals surface area contributed by atoms with Gasteiger partial charge in [0.25, 0.3) is 0 Å². The van der Waals surface area contributed by atoms with Crippen LogP contribution in [-0.4, -0.2) is 24.5 Å². The van der Waals surface area contributed by atoms with E-state index in [-0.39, 0.29) is 0 Å². The molecule has 0 saturated carbocycles. The highest BCUT2D eigenvalue weighted by Gasteiger charge is 2.16. The largest absolute Gasteiger partial charge is 0.389 e. The van der Waals surface area contributed by atoms with Gasteiger partial charge < -0.3 is 16.2 Å². The summed E-state index contributed by atoms with van der Waals surface area (Å²) in [5, 5.41) is 0. The molecule has 0 aromatic carbocycles. The van der Waals surface area contributed by atoms with Gasteiger partial charge in [0.05, 0.1) is 0 Å². The molecule has 19 heavy (non-hydrogen) atoms. The molecule has 0 heterocycles. The quantitative estimate of drug-likeness (QED) is 0.226. The Kier molecular flexibility index (Phi) is 10.3. The van der Waals surface area contributed by atoms with Crippen LogP contribution in [0.5, 0.6) is 0 Å². The lowest BCUT2D eigenvalue weighted by molar-refractivity contribution is -0.157. The van der Waals surface area contributed by atoms with Gasteiger partial charge in [0.2, 0.25) is 0 Å². The van der Waals surface area contributed by atoms with E-state index in [4.69, 9.17) is 11.5 Å². The summed E-state index contributed by atoms with van der Waals surface area (Å²) in [7, 11) is 0. The molecule has 0 unspecified atom stereocenters. The molecule has 0 aliphatic rings. The highest BCUT2D eigenvalue weighted by Crippen LogP contribution is 2.00. The molecule has 0 aliphatic heterocycles. The van der Waals surface area contributed by atoms with Gasteiger partial charge in [-0.3, -0.25) is 0 Å². The van der Waals surface area contributed by atoms with Crippen molar-refractivity contribution in [2.75, 3.05) is 6.54 Å². The second kappa shape index (κ2) is 11.4. The lowest BCUT2D eigenvalue weighted by Gasteiger charge is -2.08. The van der Waals surface area contributed by atoms with Gasteiger partial charge in [-0.25, -0.2) is 9.59 Å². The Labute approximate surface area is 114 Å². The van der Waals surface area contributed by atoms with E-state index in [2.05, 4.69) is 4.74 Å². The van der Waals surface area contributed by atoms with Crippen LogP contribution in [0.2, 0.25) is 0 Å². The minimum atomic E-state index is -0.775. The highest BCUT2D eigenvalue weighted by atomic mass is 16.6. The number of allylic oxidation sites excluding steroid dienone is 5. The number of hydrogen-bond donors (Lipinski definition) is 2. The van der Waals surface area contributed by atoms with E-state index in [0.29, 0.717) is 13.0 Å². The molecule has 0 bridgehead atoms. The predicted molar refractivity (Wildman–Crippen MR) is 75.1 cm³/mol. The van der Waals surface area contributed by atoms with E-state index in [1.54, 1.807) is 12.2 Å². The molecule has 0 spiro atoms. The van der Waals surface area contributed by atoms with Crippen LogP contribution in [0.25, 0.3) is 0 Å². The van der Waals surface area contributed by atoms with Gasteiger partial charge >= 0.3 is 11.9 Å². The summed E-state index contributed by atoms with van der Waals surface area (Å²) in [5.74, 6) is -1.42. The van der Waals surface area contributed by atoms with Crippen molar-refractivity contribution in [1.82, 2.24) is 0 Å². The first-order chi connectivity index (χ1) is 9.11. The van der Waals surface area contributed by atoms with Crippen LogP contribution in [0.1, 0.15) is 26.2 Å². The maximum Gasteiger partial charge on any atom is 0.338 e. The number of rotatable bonds is 8. The van der Waals surface area contributed by atoms with E-state index in [0.717, 1.165) is 12.8 Å². The molecule has 0 fully saturated rings. The van der Waals surface area contributed by atoms with Gasteiger partial charge in [-0.2, -0.15) is 0 Å². The minimum Gasteiger partial charge on any atom is -0.389 e. The number of nitrogens with two attached hydrogens (primary N) is 2. The van der Waals surface area contributed by atoms with Crippen LogP contribution in [0.3, 0.4) is 0 Å². The van der Waals surface area contributed by atoms with Gasteiger partial charge in [-0.05, 0) is 26.3 Å². The van der Waals surface area contributed by atoms with Crippen LogP contribution < -0.4 is 11.5 Å². The third kappa shape index (κ3) is 9.93. The van der Waals surface area contributed by atoms with Crippen molar-refractivity contribution in [2.45, 2.75) is 32.2 Å². The lowest BCUT2D eigenvalue weighted by Crippen LogP contribution is -2.33. The average Bonchev–Trinajstić information content (AvgIpc) is 2.38. The Balaban J connectivity index is 4.00. The maximum absolute atomic E-state index is 11.4. The summed E-state index contributed by atoms with van der Waals surface area (Å²) in [5.41, 5.74) is 10.9. The zero-order valence-corrected chi connectivity index (χ0v) is 11.2. The Bertz CT molecular complexity index is 360. The lowest BCUT2D eigenvalue weighted by atomic mass is 10.1. The number of carbonyl (C=O) groups excluding carboxylic acids is 2. The third-order valence-electron chi connectivity index (χ3n) is 2.23. The molecule has 0 amide bonds. The van der Waals surface area contributed by atoms with Crippen molar-refractivity contribution in [3.8, 4) is 0 Å². The molecule has 0 saturated heterocycles. The van der Waals surface area contributed by atoms with E-state index in [1.807, 2.05) is 19.1 Å². The van der Waals surface area contributed by atoms with Crippen molar-refractivity contribution in [2.24, 2.45) is 11.5 Å². The smallest absolute Gasteiger partial charge is 0.338 e. The molecular weight excluding hydrogens is 244 g/mol. The number of unbranched alkanes of at least 4 members (excludes halogenated alkanes) is 1. The van der Waals surface area contributed by atoms with Crippen molar-refractivity contribution < 1.29 is 14.3 Å². The topological polar surface area (TPSA) is 95.4 Å². The molecule has 1 atom stereocenters. The second-order valence-corrected chi connectivity index (χ2v) is 3.90. The Morgan fingerprint density at radius 2 is 1.84 bits per heavy atom. The monoisotopic (exact) mass is 266 g/mol. The van der Waals surface area contributed by atoms with Crippen LogP contribution in [0.4, 0.5) is 0 Å². The standard InChI is InChI=1S/C14H22N2O3/c1-2-3-4-5-6-10-13(17)19-14(18)12(16)9-7-8-11-15/h2-6,10,12H,7-9,11,15-16H2,1H3/b3-2+,5-4+,10-6+/t12-/m0/s1. The summed E-state index contributed by atoms with van der Waals surface area (Å²) >= 11 is 0. The Morgan fingerprint density at radius 3 is 2.47 bits per heavy atom. The van der Waals surface area contributed by atoms with Crippen molar-refractivity contribution in [3.63, 3.8) is 0 Å². The SMILES string of the molecule is C/C=C/C=C/C=C/C(=O)OC(=O)[C@@H](N)CCCCN. The van der Waals surface area contributed by atoms with Crippen LogP contribution in [-0.2, 0) is 14.3 Å². The van der Waals surface area contributed by atoms with Crippen molar-refractivity contribution in [3.05, 3.63) is 36.5 Å². The van der Waals surface area contributed by atoms with Crippen molar-refractivity contribution in [1.29, 1.82) is 0 Å². The van der Waals surface area contributed by atoms with E-state index >= 15 is 0 Å².